The van der Waals surface area contributed by atoms with Crippen molar-refractivity contribution in [2.24, 2.45) is 5.41 Å². The maximum atomic E-state index is 11.7. The highest BCUT2D eigenvalue weighted by molar-refractivity contribution is 5.78. The lowest BCUT2D eigenvalue weighted by Gasteiger charge is -2.22. The van der Waals surface area contributed by atoms with E-state index in [1.54, 1.807) is 0 Å². The van der Waals surface area contributed by atoms with Crippen molar-refractivity contribution in [3.05, 3.63) is 29.8 Å². The molecule has 0 aliphatic rings. The molecule has 0 aromatic heterocycles. The predicted octanol–water partition coefficient (Wildman–Crippen LogP) is 2.36. The molecule has 0 heterocycles. The van der Waals surface area contributed by atoms with Gasteiger partial charge >= 0.3 is 0 Å². The quantitative estimate of drug-likeness (QED) is 0.768. The van der Waals surface area contributed by atoms with Crippen LogP contribution in [-0.2, 0) is 11.2 Å². The van der Waals surface area contributed by atoms with Gasteiger partial charge in [0.25, 0.3) is 0 Å². The zero-order valence-corrected chi connectivity index (χ0v) is 10.9. The summed E-state index contributed by atoms with van der Waals surface area (Å²) in [4.78, 5) is 11.7. The molecule has 0 saturated heterocycles. The minimum Gasteiger partial charge on any atom is -0.399 e. The molecule has 0 radical (unpaired) electrons. The lowest BCUT2D eigenvalue weighted by atomic mass is 9.90. The van der Waals surface area contributed by atoms with Gasteiger partial charge in [0.1, 0.15) is 0 Å². The van der Waals surface area contributed by atoms with Crippen molar-refractivity contribution in [2.75, 3.05) is 12.3 Å². The number of nitrogens with two attached hydrogens (primary N) is 1. The Kier molecular flexibility index (Phi) is 4.55. The molecule has 0 unspecified atom stereocenters. The second kappa shape index (κ2) is 5.71. The van der Waals surface area contributed by atoms with Crippen LogP contribution in [0.25, 0.3) is 0 Å². The summed E-state index contributed by atoms with van der Waals surface area (Å²) in [7, 11) is 0. The van der Waals surface area contributed by atoms with Crippen molar-refractivity contribution < 1.29 is 4.79 Å². The third-order valence-corrected chi connectivity index (χ3v) is 3.04. The number of benzene rings is 1. The van der Waals surface area contributed by atoms with Gasteiger partial charge in [-0.2, -0.15) is 0 Å². The molecular formula is C14H22N2O. The molecule has 1 rings (SSSR count). The summed E-state index contributed by atoms with van der Waals surface area (Å²) in [6.45, 7) is 7.14. The lowest BCUT2D eigenvalue weighted by molar-refractivity contribution is -0.120. The smallest absolute Gasteiger partial charge is 0.224 e. The van der Waals surface area contributed by atoms with E-state index in [0.717, 1.165) is 12.0 Å². The van der Waals surface area contributed by atoms with Gasteiger partial charge in [0.05, 0.1) is 6.42 Å². The number of anilines is 1. The van der Waals surface area contributed by atoms with Crippen LogP contribution < -0.4 is 11.1 Å². The van der Waals surface area contributed by atoms with Crippen LogP contribution in [0.15, 0.2) is 24.3 Å². The molecule has 0 spiro atoms. The largest absolute Gasteiger partial charge is 0.399 e. The Morgan fingerprint density at radius 2 is 2.12 bits per heavy atom. The van der Waals surface area contributed by atoms with E-state index in [-0.39, 0.29) is 11.3 Å². The van der Waals surface area contributed by atoms with Gasteiger partial charge in [-0.1, -0.05) is 32.9 Å². The zero-order chi connectivity index (χ0) is 12.9. The summed E-state index contributed by atoms with van der Waals surface area (Å²) >= 11 is 0. The van der Waals surface area contributed by atoms with E-state index in [2.05, 4.69) is 26.1 Å². The third kappa shape index (κ3) is 4.89. The third-order valence-electron chi connectivity index (χ3n) is 3.04. The van der Waals surface area contributed by atoms with E-state index in [9.17, 15) is 4.79 Å². The molecule has 3 N–H and O–H groups in total. The van der Waals surface area contributed by atoms with Crippen molar-refractivity contribution in [3.8, 4) is 0 Å². The molecular weight excluding hydrogens is 212 g/mol. The molecule has 3 heteroatoms. The Labute approximate surface area is 103 Å². The Morgan fingerprint density at radius 3 is 2.71 bits per heavy atom. The van der Waals surface area contributed by atoms with Gasteiger partial charge in [0.15, 0.2) is 0 Å². The van der Waals surface area contributed by atoms with Gasteiger partial charge in [-0.25, -0.2) is 0 Å². The van der Waals surface area contributed by atoms with E-state index in [1.165, 1.54) is 0 Å². The van der Waals surface area contributed by atoms with E-state index in [1.807, 2.05) is 24.3 Å². The summed E-state index contributed by atoms with van der Waals surface area (Å²) < 4.78 is 0. The normalized spacial score (nSPS) is 11.2. The molecule has 0 atom stereocenters. The van der Waals surface area contributed by atoms with Gasteiger partial charge in [0.2, 0.25) is 5.91 Å². The SMILES string of the molecule is CCC(C)(C)CNC(=O)Cc1cccc(N)c1. The van der Waals surface area contributed by atoms with E-state index < -0.39 is 0 Å². The van der Waals surface area contributed by atoms with Crippen LogP contribution in [0.4, 0.5) is 5.69 Å². The molecule has 1 aromatic rings. The van der Waals surface area contributed by atoms with Gasteiger partial charge in [0, 0.05) is 12.2 Å². The summed E-state index contributed by atoms with van der Waals surface area (Å²) in [6, 6.07) is 7.45. The monoisotopic (exact) mass is 234 g/mol. The van der Waals surface area contributed by atoms with Crippen molar-refractivity contribution in [3.63, 3.8) is 0 Å². The van der Waals surface area contributed by atoms with E-state index >= 15 is 0 Å². The first-order valence-corrected chi connectivity index (χ1v) is 6.04. The zero-order valence-electron chi connectivity index (χ0n) is 10.9. The highest BCUT2D eigenvalue weighted by atomic mass is 16.1. The fourth-order valence-corrected chi connectivity index (χ4v) is 1.41. The standard InChI is InChI=1S/C14H22N2O/c1-4-14(2,3)10-16-13(17)9-11-6-5-7-12(15)8-11/h5-8H,4,9-10,15H2,1-3H3,(H,16,17). The topological polar surface area (TPSA) is 55.1 Å². The molecule has 0 aliphatic heterocycles. The highest BCUT2D eigenvalue weighted by Gasteiger charge is 2.16. The molecule has 94 valence electrons. The molecule has 0 fully saturated rings. The summed E-state index contributed by atoms with van der Waals surface area (Å²) in [5, 5.41) is 2.96. The molecule has 0 bridgehead atoms. The average molecular weight is 234 g/mol. The van der Waals surface area contributed by atoms with Crippen LogP contribution in [0, 0.1) is 5.41 Å². The van der Waals surface area contributed by atoms with Crippen LogP contribution in [-0.4, -0.2) is 12.5 Å². The second-order valence-corrected chi connectivity index (χ2v) is 5.22. The number of rotatable bonds is 5. The first-order valence-electron chi connectivity index (χ1n) is 6.04. The number of nitrogens with one attached hydrogen (secondary N) is 1. The Bertz CT molecular complexity index is 386. The Morgan fingerprint density at radius 1 is 1.41 bits per heavy atom. The maximum Gasteiger partial charge on any atom is 0.224 e. The number of hydrogen-bond acceptors (Lipinski definition) is 2. The van der Waals surface area contributed by atoms with Crippen molar-refractivity contribution in [1.82, 2.24) is 5.32 Å². The fraction of sp³-hybridized carbons (Fsp3) is 0.500. The lowest BCUT2D eigenvalue weighted by Crippen LogP contribution is -2.34. The minimum absolute atomic E-state index is 0.0529. The predicted molar refractivity (Wildman–Crippen MR) is 71.6 cm³/mol. The number of amides is 1. The van der Waals surface area contributed by atoms with Gasteiger partial charge in [-0.05, 0) is 29.5 Å². The average Bonchev–Trinajstić information content (AvgIpc) is 2.27. The Hall–Kier alpha value is -1.51. The summed E-state index contributed by atoms with van der Waals surface area (Å²) in [5.41, 5.74) is 7.48. The van der Waals surface area contributed by atoms with Crippen molar-refractivity contribution in [1.29, 1.82) is 0 Å². The van der Waals surface area contributed by atoms with Crippen LogP contribution in [0.3, 0.4) is 0 Å². The first kappa shape index (κ1) is 13.6. The molecule has 1 amide bonds. The molecule has 3 nitrogen and oxygen atoms in total. The highest BCUT2D eigenvalue weighted by Crippen LogP contribution is 2.17. The van der Waals surface area contributed by atoms with Crippen LogP contribution in [0.2, 0.25) is 0 Å². The Balaban J connectivity index is 2.45. The summed E-state index contributed by atoms with van der Waals surface area (Å²) in [5.74, 6) is 0.0529. The van der Waals surface area contributed by atoms with Crippen LogP contribution in [0.1, 0.15) is 32.8 Å². The van der Waals surface area contributed by atoms with Gasteiger partial charge in [-0.15, -0.1) is 0 Å². The van der Waals surface area contributed by atoms with Crippen LogP contribution >= 0.6 is 0 Å². The minimum atomic E-state index is 0.0529. The molecule has 1 aromatic carbocycles. The van der Waals surface area contributed by atoms with Gasteiger partial charge < -0.3 is 11.1 Å². The number of carbonyl (C=O) groups is 1. The summed E-state index contributed by atoms with van der Waals surface area (Å²) in [6.07, 6.45) is 1.44. The molecule has 17 heavy (non-hydrogen) atoms. The maximum absolute atomic E-state index is 11.7. The fourth-order valence-electron chi connectivity index (χ4n) is 1.41. The van der Waals surface area contributed by atoms with Crippen molar-refractivity contribution >= 4 is 11.6 Å². The second-order valence-electron chi connectivity index (χ2n) is 5.22. The van der Waals surface area contributed by atoms with Crippen LogP contribution in [0.5, 0.6) is 0 Å². The van der Waals surface area contributed by atoms with Gasteiger partial charge in [-0.3, -0.25) is 4.79 Å². The number of hydrogen-bond donors (Lipinski definition) is 2. The number of nitrogen functional groups attached to an aromatic ring is 1. The number of carbonyl (C=O) groups excluding carboxylic acids is 1. The molecule has 0 saturated carbocycles. The van der Waals surface area contributed by atoms with E-state index in [4.69, 9.17) is 5.73 Å². The first-order chi connectivity index (χ1) is 7.93. The van der Waals surface area contributed by atoms with E-state index in [0.29, 0.717) is 18.7 Å². The molecule has 0 aliphatic carbocycles. The van der Waals surface area contributed by atoms with Crippen molar-refractivity contribution in [2.45, 2.75) is 33.6 Å².